The van der Waals surface area contributed by atoms with E-state index in [-0.39, 0.29) is 29.3 Å². The molecule has 0 saturated heterocycles. The van der Waals surface area contributed by atoms with Crippen molar-refractivity contribution in [2.45, 2.75) is 37.9 Å². The van der Waals surface area contributed by atoms with Crippen LogP contribution < -0.4 is 15.6 Å². The van der Waals surface area contributed by atoms with Crippen LogP contribution >= 0.6 is 0 Å². The van der Waals surface area contributed by atoms with Crippen molar-refractivity contribution in [3.63, 3.8) is 0 Å². The largest absolute Gasteiger partial charge is 0.389 e. The first kappa shape index (κ1) is 21.2. The minimum absolute atomic E-state index is 0.0171. The first-order chi connectivity index (χ1) is 13.7. The number of aryl methyl sites for hydroxylation is 2. The highest BCUT2D eigenvalue weighted by atomic mass is 32.2. The number of nitrogens with zero attached hydrogens (tertiary/aromatic N) is 1. The minimum atomic E-state index is -1.62. The molecule has 0 bridgehead atoms. The summed E-state index contributed by atoms with van der Waals surface area (Å²) in [6.07, 6.45) is 1.21. The lowest BCUT2D eigenvalue weighted by Gasteiger charge is -2.21. The van der Waals surface area contributed by atoms with Gasteiger partial charge >= 0.3 is 0 Å². The zero-order chi connectivity index (χ0) is 21.3. The van der Waals surface area contributed by atoms with Crippen molar-refractivity contribution in [2.75, 3.05) is 16.6 Å². The smallest absolute Gasteiger partial charge is 0.254 e. The Morgan fingerprint density at radius 3 is 2.55 bits per heavy atom. The number of ketones is 1. The summed E-state index contributed by atoms with van der Waals surface area (Å²) in [5, 5.41) is 11.9. The molecule has 1 aromatic heterocycles. The van der Waals surface area contributed by atoms with Crippen LogP contribution in [0, 0.1) is 19.7 Å². The molecule has 156 valence electrons. The van der Waals surface area contributed by atoms with Crippen LogP contribution in [0.3, 0.4) is 0 Å². The van der Waals surface area contributed by atoms with Crippen molar-refractivity contribution in [3.05, 3.63) is 51.6 Å². The average molecular weight is 421 g/mol. The summed E-state index contributed by atoms with van der Waals surface area (Å²) in [5.41, 5.74) is 1.46. The molecule has 0 aliphatic heterocycles. The Morgan fingerprint density at radius 1 is 1.28 bits per heavy atom. The molecule has 1 heterocycles. The maximum Gasteiger partial charge on any atom is 0.254 e. The molecule has 3 rings (SSSR count). The second kappa shape index (κ2) is 8.08. The molecule has 29 heavy (non-hydrogen) atoms. The van der Waals surface area contributed by atoms with Crippen molar-refractivity contribution < 1.29 is 18.5 Å². The Bertz CT molecular complexity index is 1050. The van der Waals surface area contributed by atoms with Crippen LogP contribution in [0.4, 0.5) is 21.6 Å². The van der Waals surface area contributed by atoms with Crippen molar-refractivity contribution in [2.24, 2.45) is 7.05 Å². The first-order valence-electron chi connectivity index (χ1n) is 9.22. The second-order valence-electron chi connectivity index (χ2n) is 7.49. The van der Waals surface area contributed by atoms with E-state index in [2.05, 4.69) is 10.0 Å². The number of hydrogen-bond donors (Lipinski definition) is 3. The molecular formula is C20H24FN3O4S. The molecule has 0 radical (unpaired) electrons. The molecule has 1 saturated carbocycles. The number of aromatic nitrogens is 1. The van der Waals surface area contributed by atoms with Crippen molar-refractivity contribution in [1.82, 2.24) is 4.57 Å². The van der Waals surface area contributed by atoms with E-state index in [9.17, 15) is 18.2 Å². The van der Waals surface area contributed by atoms with Gasteiger partial charge in [-0.3, -0.25) is 14.2 Å². The van der Waals surface area contributed by atoms with Gasteiger partial charge in [0.2, 0.25) is 0 Å². The molecule has 1 fully saturated rings. The predicted octanol–water partition coefficient (Wildman–Crippen LogP) is 2.44. The van der Waals surface area contributed by atoms with Crippen LogP contribution in [-0.4, -0.2) is 31.0 Å². The Hall–Kier alpha value is -2.52. The summed E-state index contributed by atoms with van der Waals surface area (Å²) in [5.74, 6) is -0.576. The van der Waals surface area contributed by atoms with Gasteiger partial charge in [-0.05, 0) is 50.5 Å². The SMILES string of the molecule is Cc1ccc(Nc2c(NS(=O)C3(CC(=O)CO)CC3)cc(C)c(=O)n2C)c(F)c1. The Labute approximate surface area is 170 Å². The van der Waals surface area contributed by atoms with E-state index in [1.165, 1.54) is 10.6 Å². The van der Waals surface area contributed by atoms with E-state index in [0.29, 0.717) is 24.1 Å². The summed E-state index contributed by atoms with van der Waals surface area (Å²) in [6, 6.07) is 6.24. The number of aliphatic hydroxyl groups is 1. The van der Waals surface area contributed by atoms with E-state index < -0.39 is 28.2 Å². The van der Waals surface area contributed by atoms with E-state index in [1.54, 1.807) is 39.1 Å². The molecule has 2 aromatic rings. The normalized spacial score (nSPS) is 15.6. The third kappa shape index (κ3) is 4.40. The van der Waals surface area contributed by atoms with Gasteiger partial charge in [-0.2, -0.15) is 0 Å². The highest BCUT2D eigenvalue weighted by Crippen LogP contribution is 2.45. The zero-order valence-corrected chi connectivity index (χ0v) is 17.4. The Kier molecular flexibility index (Phi) is 5.90. The lowest BCUT2D eigenvalue weighted by Crippen LogP contribution is -2.29. The van der Waals surface area contributed by atoms with Crippen molar-refractivity contribution in [1.29, 1.82) is 0 Å². The number of carbonyl (C=O) groups is 1. The van der Waals surface area contributed by atoms with Crippen LogP contribution in [0.5, 0.6) is 0 Å². The summed E-state index contributed by atoms with van der Waals surface area (Å²) in [6.45, 7) is 2.82. The van der Waals surface area contributed by atoms with Crippen LogP contribution in [-0.2, 0) is 22.8 Å². The standard InChI is InChI=1S/C20H24FN3O4S/c1-12-4-5-16(15(21)8-12)22-18-17(9-13(2)19(27)24(18)3)23-29(28)20(6-7-20)10-14(26)11-25/h4-5,8-9,22-23,25H,6-7,10-11H2,1-3H3. The third-order valence-corrected chi connectivity index (χ3v) is 6.81. The van der Waals surface area contributed by atoms with Gasteiger partial charge in [0.1, 0.15) is 29.2 Å². The first-order valence-corrected chi connectivity index (χ1v) is 10.4. The van der Waals surface area contributed by atoms with Crippen LogP contribution in [0.1, 0.15) is 30.4 Å². The lowest BCUT2D eigenvalue weighted by atomic mass is 10.2. The number of anilines is 3. The fourth-order valence-corrected chi connectivity index (χ4v) is 4.50. The van der Waals surface area contributed by atoms with Crippen LogP contribution in [0.15, 0.2) is 29.1 Å². The fourth-order valence-electron chi connectivity index (χ4n) is 3.16. The topological polar surface area (TPSA) is 100 Å². The molecule has 0 amide bonds. The Morgan fingerprint density at radius 2 is 1.97 bits per heavy atom. The van der Waals surface area contributed by atoms with E-state index in [4.69, 9.17) is 5.11 Å². The van der Waals surface area contributed by atoms with Crippen molar-refractivity contribution >= 4 is 34.0 Å². The molecule has 1 aromatic carbocycles. The molecular weight excluding hydrogens is 397 g/mol. The van der Waals surface area contributed by atoms with Gasteiger partial charge in [-0.25, -0.2) is 8.60 Å². The van der Waals surface area contributed by atoms with Gasteiger partial charge in [0, 0.05) is 19.0 Å². The molecule has 3 N–H and O–H groups in total. The van der Waals surface area contributed by atoms with E-state index >= 15 is 0 Å². The highest BCUT2D eigenvalue weighted by Gasteiger charge is 2.50. The maximum atomic E-state index is 14.3. The molecule has 7 nitrogen and oxygen atoms in total. The van der Waals surface area contributed by atoms with Gasteiger partial charge in [0.05, 0.1) is 16.1 Å². The third-order valence-electron chi connectivity index (χ3n) is 5.07. The van der Waals surface area contributed by atoms with E-state index in [0.717, 1.165) is 5.56 Å². The van der Waals surface area contributed by atoms with Gasteiger partial charge in [0.25, 0.3) is 5.56 Å². The highest BCUT2D eigenvalue weighted by molar-refractivity contribution is 7.88. The number of Topliss-reactive ketones (excluding diaryl/α,β-unsaturated/α-hetero) is 1. The number of nitrogens with one attached hydrogen (secondary N) is 2. The second-order valence-corrected chi connectivity index (χ2v) is 9.10. The average Bonchev–Trinajstić information content (AvgIpc) is 3.45. The minimum Gasteiger partial charge on any atom is -0.389 e. The van der Waals surface area contributed by atoms with Gasteiger partial charge in [-0.1, -0.05) is 6.07 Å². The summed E-state index contributed by atoms with van der Waals surface area (Å²) >= 11 is 0. The van der Waals surface area contributed by atoms with Crippen molar-refractivity contribution in [3.8, 4) is 0 Å². The number of hydrogen-bond acceptors (Lipinski definition) is 5. The molecule has 1 unspecified atom stereocenters. The number of pyridine rings is 1. The number of benzene rings is 1. The van der Waals surface area contributed by atoms with Crippen LogP contribution in [0.2, 0.25) is 0 Å². The molecule has 1 aliphatic rings. The maximum absolute atomic E-state index is 14.3. The quantitative estimate of drug-likeness (QED) is 0.608. The number of carbonyl (C=O) groups excluding carboxylic acids is 1. The zero-order valence-electron chi connectivity index (χ0n) is 16.5. The van der Waals surface area contributed by atoms with E-state index in [1.807, 2.05) is 0 Å². The Balaban J connectivity index is 1.95. The number of halogens is 1. The van der Waals surface area contributed by atoms with Crippen LogP contribution in [0.25, 0.3) is 0 Å². The summed E-state index contributed by atoms with van der Waals surface area (Å²) in [7, 11) is -0.0822. The predicted molar refractivity (Wildman–Crippen MR) is 111 cm³/mol. The molecule has 1 atom stereocenters. The number of rotatable bonds is 8. The summed E-state index contributed by atoms with van der Waals surface area (Å²) < 4.78 is 30.8. The summed E-state index contributed by atoms with van der Waals surface area (Å²) in [4.78, 5) is 24.0. The molecule has 1 aliphatic carbocycles. The fraction of sp³-hybridized carbons (Fsp3) is 0.400. The molecule has 9 heteroatoms. The monoisotopic (exact) mass is 421 g/mol. The number of aliphatic hydroxyl groups excluding tert-OH is 1. The molecule has 0 spiro atoms. The van der Waals surface area contributed by atoms with Gasteiger partial charge < -0.3 is 15.1 Å². The lowest BCUT2D eigenvalue weighted by molar-refractivity contribution is -0.121. The van der Waals surface area contributed by atoms with Gasteiger partial charge in [0.15, 0.2) is 5.78 Å². The van der Waals surface area contributed by atoms with Gasteiger partial charge in [-0.15, -0.1) is 0 Å².